The Kier molecular flexibility index (Phi) is 18.6. The summed E-state index contributed by atoms with van der Waals surface area (Å²) in [5, 5.41) is 9.48. The number of ether oxygens (including phenoxy) is 3. The lowest BCUT2D eigenvalue weighted by atomic mass is 9.92. The number of hydrogen-bond donors (Lipinski definition) is 5. The Balaban J connectivity index is 0. The Bertz CT molecular complexity index is 813. The van der Waals surface area contributed by atoms with Crippen molar-refractivity contribution in [3.05, 3.63) is 73.9 Å². The minimum absolute atomic E-state index is 0.266. The number of rotatable bonds is 12. The number of aliphatic hydroxyl groups is 1. The molecule has 0 aromatic heterocycles. The first-order valence-electron chi connectivity index (χ1n) is 10.3. The second-order valence-corrected chi connectivity index (χ2v) is 8.30. The predicted octanol–water partition coefficient (Wildman–Crippen LogP) is 0.800. The van der Waals surface area contributed by atoms with Gasteiger partial charge in [0.2, 0.25) is 0 Å². The van der Waals surface area contributed by atoms with Crippen LogP contribution in [0.4, 0.5) is 0 Å². The van der Waals surface area contributed by atoms with Crippen LogP contribution in [0.2, 0.25) is 0 Å². The molecule has 0 aliphatic carbocycles. The number of nitrogens with two attached hydrogens (primary N) is 1. The van der Waals surface area contributed by atoms with Gasteiger partial charge in [-0.2, -0.15) is 0 Å². The molecule has 1 rings (SSSR count). The molecule has 202 valence electrons. The van der Waals surface area contributed by atoms with E-state index >= 15 is 0 Å². The van der Waals surface area contributed by atoms with Gasteiger partial charge < -0.3 is 39.7 Å². The van der Waals surface area contributed by atoms with Crippen molar-refractivity contribution in [3.8, 4) is 0 Å². The molecule has 0 bridgehead atoms. The van der Waals surface area contributed by atoms with Crippen LogP contribution in [0.3, 0.4) is 0 Å². The quantitative estimate of drug-likeness (QED) is 0.110. The van der Waals surface area contributed by atoms with Gasteiger partial charge in [-0.25, -0.2) is 18.9 Å². The summed E-state index contributed by atoms with van der Waals surface area (Å²) in [5.74, 6) is -2.17. The molecule has 1 atom stereocenters. The molecule has 6 N–H and O–H groups in total. The predicted molar refractivity (Wildman–Crippen MR) is 131 cm³/mol. The zero-order valence-corrected chi connectivity index (χ0v) is 20.9. The molecule has 0 saturated heterocycles. The Hall–Kier alpha value is -3.12. The first-order chi connectivity index (χ1) is 16.7. The number of hydrogen-bond acceptors (Lipinski definition) is 9. The van der Waals surface area contributed by atoms with Crippen LogP contribution >= 0.6 is 7.82 Å². The van der Waals surface area contributed by atoms with Crippen molar-refractivity contribution < 1.29 is 52.9 Å². The van der Waals surface area contributed by atoms with Gasteiger partial charge >= 0.3 is 25.7 Å². The molecule has 0 radical (unpaired) electrons. The molecular formula is C23H34NO11P. The molecule has 0 amide bonds. The number of carbonyl (C=O) groups is 3. The van der Waals surface area contributed by atoms with Crippen LogP contribution in [0.1, 0.15) is 12.5 Å². The van der Waals surface area contributed by atoms with Gasteiger partial charge in [0.05, 0.1) is 12.0 Å². The number of carbonyl (C=O) groups excluding carboxylic acids is 3. The maximum absolute atomic E-state index is 11.1. The molecule has 1 aromatic rings. The van der Waals surface area contributed by atoms with Crippen LogP contribution in [0, 0.1) is 5.41 Å². The van der Waals surface area contributed by atoms with Crippen molar-refractivity contribution in [2.24, 2.45) is 11.1 Å². The van der Waals surface area contributed by atoms with E-state index in [1.54, 1.807) is 0 Å². The summed E-state index contributed by atoms with van der Waals surface area (Å²) < 4.78 is 23.4. The van der Waals surface area contributed by atoms with Gasteiger partial charge in [-0.15, -0.1) is 0 Å². The van der Waals surface area contributed by atoms with Crippen molar-refractivity contribution in [1.82, 2.24) is 0 Å². The fourth-order valence-corrected chi connectivity index (χ4v) is 2.10. The third-order valence-electron chi connectivity index (χ3n) is 3.80. The van der Waals surface area contributed by atoms with Crippen molar-refractivity contribution in [2.45, 2.75) is 19.4 Å². The Morgan fingerprint density at radius 1 is 0.917 bits per heavy atom. The lowest BCUT2D eigenvalue weighted by molar-refractivity contribution is -0.159. The van der Waals surface area contributed by atoms with Gasteiger partial charge in [-0.1, -0.05) is 50.1 Å². The molecular weight excluding hydrogens is 497 g/mol. The van der Waals surface area contributed by atoms with Crippen LogP contribution in [-0.2, 0) is 39.6 Å². The molecule has 0 saturated carbocycles. The Morgan fingerprint density at radius 2 is 1.25 bits per heavy atom. The average Bonchev–Trinajstić information content (AvgIpc) is 2.82. The van der Waals surface area contributed by atoms with Crippen LogP contribution in [-0.4, -0.2) is 70.2 Å². The summed E-state index contributed by atoms with van der Waals surface area (Å²) in [6, 6.07) is 10.6. The molecule has 36 heavy (non-hydrogen) atoms. The summed E-state index contributed by atoms with van der Waals surface area (Å²) in [4.78, 5) is 54.8. The van der Waals surface area contributed by atoms with Crippen LogP contribution in [0.15, 0.2) is 68.3 Å². The minimum atomic E-state index is -4.64. The maximum Gasteiger partial charge on any atom is 0.466 e. The molecule has 0 aliphatic heterocycles. The van der Waals surface area contributed by atoms with E-state index in [9.17, 15) is 19.5 Å². The summed E-state index contributed by atoms with van der Waals surface area (Å²) in [6.07, 6.45) is 3.79. The molecule has 12 nitrogen and oxygen atoms in total. The Labute approximate surface area is 209 Å². The first kappa shape index (κ1) is 35.0. The number of benzene rings is 1. The van der Waals surface area contributed by atoms with Gasteiger partial charge in [-0.3, -0.25) is 0 Å². The van der Waals surface area contributed by atoms with E-state index in [4.69, 9.17) is 39.2 Å². The van der Waals surface area contributed by atoms with Crippen LogP contribution in [0.25, 0.3) is 0 Å². The van der Waals surface area contributed by atoms with Gasteiger partial charge in [0, 0.05) is 24.3 Å². The monoisotopic (exact) mass is 531 g/mol. The fourth-order valence-electron chi connectivity index (χ4n) is 2.10. The topological polar surface area (TPSA) is 203 Å². The third kappa shape index (κ3) is 21.4. The fraction of sp³-hybridized carbons (Fsp3) is 0.348. The molecule has 0 heterocycles. The highest BCUT2D eigenvalue weighted by Gasteiger charge is 2.35. The molecule has 13 heteroatoms. The molecule has 0 spiro atoms. The van der Waals surface area contributed by atoms with Crippen molar-refractivity contribution in [2.75, 3.05) is 26.4 Å². The van der Waals surface area contributed by atoms with E-state index in [2.05, 4.69) is 31.9 Å². The van der Waals surface area contributed by atoms with E-state index < -0.39 is 37.8 Å². The van der Waals surface area contributed by atoms with E-state index in [0.29, 0.717) is 0 Å². The van der Waals surface area contributed by atoms with Crippen molar-refractivity contribution in [3.63, 3.8) is 0 Å². The zero-order valence-electron chi connectivity index (χ0n) is 20.0. The van der Waals surface area contributed by atoms with Gasteiger partial charge in [0.25, 0.3) is 0 Å². The van der Waals surface area contributed by atoms with Gasteiger partial charge in [0.15, 0.2) is 0 Å². The SMILES string of the molecule is C=CC(=O)OCC(CO)(COC(=O)C=C)COC(=O)C=C.CC(N)Cc1ccccc1.O=P(O)(O)O. The Morgan fingerprint density at radius 3 is 1.50 bits per heavy atom. The number of esters is 3. The summed E-state index contributed by atoms with van der Waals surface area (Å²) in [6.45, 7) is 10.2. The first-order valence-corrected chi connectivity index (χ1v) is 11.8. The highest BCUT2D eigenvalue weighted by atomic mass is 31.2. The molecule has 1 aromatic carbocycles. The minimum Gasteiger partial charge on any atom is -0.462 e. The van der Waals surface area contributed by atoms with E-state index in [1.165, 1.54) is 5.56 Å². The van der Waals surface area contributed by atoms with Crippen molar-refractivity contribution in [1.29, 1.82) is 0 Å². The highest BCUT2D eigenvalue weighted by Crippen LogP contribution is 2.25. The summed E-state index contributed by atoms with van der Waals surface area (Å²) in [5.41, 5.74) is 5.66. The van der Waals surface area contributed by atoms with Crippen molar-refractivity contribution >= 4 is 25.7 Å². The van der Waals surface area contributed by atoms with Gasteiger partial charge in [0.1, 0.15) is 19.8 Å². The van der Waals surface area contributed by atoms with Gasteiger partial charge in [-0.05, 0) is 18.9 Å². The van der Waals surface area contributed by atoms with E-state index in [0.717, 1.165) is 24.6 Å². The maximum atomic E-state index is 11.1. The van der Waals surface area contributed by atoms with E-state index in [-0.39, 0.29) is 25.9 Å². The smallest absolute Gasteiger partial charge is 0.462 e. The summed E-state index contributed by atoms with van der Waals surface area (Å²) >= 11 is 0. The second-order valence-electron chi connectivity index (χ2n) is 7.27. The highest BCUT2D eigenvalue weighted by molar-refractivity contribution is 7.45. The van der Waals surface area contributed by atoms with Crippen LogP contribution < -0.4 is 5.73 Å². The van der Waals surface area contributed by atoms with Crippen LogP contribution in [0.5, 0.6) is 0 Å². The standard InChI is InChI=1S/C14H18O7.C9H13N.H3O4P/c1-4-11(16)19-8-14(7-15,9-20-12(17)5-2)10-21-13(18)6-3;1-8(10)7-9-5-3-2-4-6-9;1-5(2,3)4/h4-6,15H,1-3,7-10H2;2-6,8H,7,10H2,1H3;(H3,1,2,3,4). The van der Waals surface area contributed by atoms with E-state index in [1.807, 2.05) is 25.1 Å². The average molecular weight is 531 g/mol. The molecule has 1 unspecified atom stereocenters. The molecule has 0 aliphatic rings. The number of phosphoric acid groups is 1. The number of aliphatic hydroxyl groups excluding tert-OH is 1. The molecule has 0 fully saturated rings. The summed E-state index contributed by atoms with van der Waals surface area (Å²) in [7, 11) is -4.64. The lowest BCUT2D eigenvalue weighted by Gasteiger charge is -2.29. The third-order valence-corrected chi connectivity index (χ3v) is 3.80. The second kappa shape index (κ2) is 19.1. The largest absolute Gasteiger partial charge is 0.466 e. The zero-order chi connectivity index (χ0) is 28.2. The normalized spacial score (nSPS) is 11.2. The lowest BCUT2D eigenvalue weighted by Crippen LogP contribution is -2.42.